The molecule has 0 spiro atoms. The summed E-state index contributed by atoms with van der Waals surface area (Å²) in [5, 5.41) is 0. The lowest BCUT2D eigenvalue weighted by molar-refractivity contribution is 0.627. The van der Waals surface area contributed by atoms with Gasteiger partial charge in [-0.3, -0.25) is 0 Å². The van der Waals surface area contributed by atoms with E-state index in [1.807, 2.05) is 6.07 Å². The molecule has 3 heteroatoms. The van der Waals surface area contributed by atoms with E-state index in [0.717, 1.165) is 10.0 Å². The van der Waals surface area contributed by atoms with Crippen molar-refractivity contribution in [3.63, 3.8) is 0 Å². The highest BCUT2D eigenvalue weighted by molar-refractivity contribution is 9.10. The van der Waals surface area contributed by atoms with Crippen molar-refractivity contribution < 1.29 is 4.39 Å². The number of rotatable bonds is 2. The number of benzene rings is 2. The van der Waals surface area contributed by atoms with Gasteiger partial charge in [0, 0.05) is 4.47 Å². The zero-order valence-electron chi connectivity index (χ0n) is 9.25. The van der Waals surface area contributed by atoms with Gasteiger partial charge < -0.3 is 0 Å². The molecule has 1 unspecified atom stereocenters. The summed E-state index contributed by atoms with van der Waals surface area (Å²) in [4.78, 5) is 0.0839. The molecule has 0 heterocycles. The summed E-state index contributed by atoms with van der Waals surface area (Å²) in [7, 11) is 0. The van der Waals surface area contributed by atoms with E-state index in [2.05, 4.69) is 50.9 Å². The normalized spacial score (nSPS) is 12.5. The first-order valence-electron chi connectivity index (χ1n) is 5.23. The average molecular weight is 358 g/mol. The fourth-order valence-corrected chi connectivity index (χ4v) is 2.87. The van der Waals surface area contributed by atoms with Gasteiger partial charge in [-0.05, 0) is 47.9 Å². The molecular formula is C14H11Br2F. The number of hydrogen-bond acceptors (Lipinski definition) is 0. The molecule has 0 amide bonds. The van der Waals surface area contributed by atoms with Crippen LogP contribution in [0.25, 0.3) is 0 Å². The molecule has 2 aromatic carbocycles. The Bertz CT molecular complexity index is 520. The Kier molecular flexibility index (Phi) is 4.00. The summed E-state index contributed by atoms with van der Waals surface area (Å²) >= 11 is 7.13. The van der Waals surface area contributed by atoms with Crippen LogP contribution in [0.2, 0.25) is 0 Å². The van der Waals surface area contributed by atoms with E-state index in [-0.39, 0.29) is 10.6 Å². The van der Waals surface area contributed by atoms with Gasteiger partial charge in [0.15, 0.2) is 0 Å². The predicted molar refractivity (Wildman–Crippen MR) is 76.0 cm³/mol. The third kappa shape index (κ3) is 2.96. The highest BCUT2D eigenvalue weighted by Gasteiger charge is 2.13. The zero-order chi connectivity index (χ0) is 12.4. The largest absolute Gasteiger partial charge is 0.207 e. The molecule has 0 aliphatic heterocycles. The van der Waals surface area contributed by atoms with E-state index in [1.54, 1.807) is 12.1 Å². The molecule has 88 valence electrons. The second kappa shape index (κ2) is 5.32. The Hall–Kier alpha value is -0.670. The Balaban J connectivity index is 2.39. The third-order valence-corrected chi connectivity index (χ3v) is 4.19. The van der Waals surface area contributed by atoms with Crippen molar-refractivity contribution in [1.29, 1.82) is 0 Å². The Morgan fingerprint density at radius 1 is 1.06 bits per heavy atom. The predicted octanol–water partition coefficient (Wildman–Crippen LogP) is 5.38. The van der Waals surface area contributed by atoms with Crippen LogP contribution in [0.4, 0.5) is 4.39 Å². The number of aryl methyl sites for hydroxylation is 1. The summed E-state index contributed by atoms with van der Waals surface area (Å²) in [5.74, 6) is -0.209. The van der Waals surface area contributed by atoms with Crippen LogP contribution in [0.5, 0.6) is 0 Å². The summed E-state index contributed by atoms with van der Waals surface area (Å²) in [5.41, 5.74) is 3.44. The second-order valence-corrected chi connectivity index (χ2v) is 5.75. The van der Waals surface area contributed by atoms with Crippen LogP contribution in [0.15, 0.2) is 46.9 Å². The molecule has 0 aromatic heterocycles. The maximum Gasteiger partial charge on any atom is 0.123 e. The van der Waals surface area contributed by atoms with Crippen molar-refractivity contribution in [2.75, 3.05) is 0 Å². The lowest BCUT2D eigenvalue weighted by Gasteiger charge is -2.14. The summed E-state index contributed by atoms with van der Waals surface area (Å²) < 4.78 is 13.9. The first-order chi connectivity index (χ1) is 8.08. The minimum absolute atomic E-state index is 0.0839. The highest BCUT2D eigenvalue weighted by Crippen LogP contribution is 2.34. The standard InChI is InChI=1S/C14H11Br2F/c1-9-2-5-11(15)8-13(9)14(16)10-3-6-12(17)7-4-10/h2-8,14H,1H3. The van der Waals surface area contributed by atoms with Gasteiger partial charge in [-0.15, -0.1) is 0 Å². The molecule has 0 aliphatic carbocycles. The van der Waals surface area contributed by atoms with Crippen LogP contribution < -0.4 is 0 Å². The summed E-state index contributed by atoms with van der Waals surface area (Å²) in [6, 6.07) is 12.7. The smallest absolute Gasteiger partial charge is 0.123 e. The molecule has 0 saturated heterocycles. The van der Waals surface area contributed by atoms with E-state index < -0.39 is 0 Å². The third-order valence-electron chi connectivity index (χ3n) is 2.68. The lowest BCUT2D eigenvalue weighted by atomic mass is 10.0. The van der Waals surface area contributed by atoms with Crippen molar-refractivity contribution in [2.45, 2.75) is 11.8 Å². The molecule has 0 saturated carbocycles. The van der Waals surface area contributed by atoms with Crippen molar-refractivity contribution >= 4 is 31.9 Å². The fourth-order valence-electron chi connectivity index (χ4n) is 1.70. The minimum Gasteiger partial charge on any atom is -0.207 e. The van der Waals surface area contributed by atoms with Gasteiger partial charge in [0.25, 0.3) is 0 Å². The van der Waals surface area contributed by atoms with Gasteiger partial charge in [-0.1, -0.05) is 50.1 Å². The van der Waals surface area contributed by atoms with Gasteiger partial charge in [-0.25, -0.2) is 4.39 Å². The molecule has 2 rings (SSSR count). The van der Waals surface area contributed by atoms with Crippen LogP contribution in [-0.2, 0) is 0 Å². The second-order valence-electron chi connectivity index (χ2n) is 3.92. The Labute approximate surface area is 117 Å². The minimum atomic E-state index is -0.209. The maximum atomic E-state index is 12.9. The lowest BCUT2D eigenvalue weighted by Crippen LogP contribution is -1.96. The average Bonchev–Trinajstić information content (AvgIpc) is 2.32. The van der Waals surface area contributed by atoms with E-state index in [1.165, 1.54) is 23.3 Å². The van der Waals surface area contributed by atoms with Crippen molar-refractivity contribution in [1.82, 2.24) is 0 Å². The zero-order valence-corrected chi connectivity index (χ0v) is 12.4. The molecule has 0 aliphatic rings. The quantitative estimate of drug-likeness (QED) is 0.633. The molecule has 0 radical (unpaired) electrons. The van der Waals surface area contributed by atoms with Gasteiger partial charge in [0.1, 0.15) is 5.82 Å². The van der Waals surface area contributed by atoms with Crippen molar-refractivity contribution in [3.8, 4) is 0 Å². The van der Waals surface area contributed by atoms with Crippen molar-refractivity contribution in [2.24, 2.45) is 0 Å². The van der Waals surface area contributed by atoms with Crippen LogP contribution in [0, 0.1) is 12.7 Å². The van der Waals surface area contributed by atoms with E-state index >= 15 is 0 Å². The molecule has 0 fully saturated rings. The number of alkyl halides is 1. The van der Waals surface area contributed by atoms with Crippen molar-refractivity contribution in [3.05, 3.63) is 69.4 Å². The van der Waals surface area contributed by atoms with Crippen LogP contribution in [0.1, 0.15) is 21.5 Å². The molecule has 2 aromatic rings. The van der Waals surface area contributed by atoms with Crippen LogP contribution in [0.3, 0.4) is 0 Å². The van der Waals surface area contributed by atoms with Gasteiger partial charge >= 0.3 is 0 Å². The van der Waals surface area contributed by atoms with E-state index in [4.69, 9.17) is 0 Å². The monoisotopic (exact) mass is 356 g/mol. The van der Waals surface area contributed by atoms with Crippen LogP contribution >= 0.6 is 31.9 Å². The van der Waals surface area contributed by atoms with Gasteiger partial charge in [0.2, 0.25) is 0 Å². The first kappa shape index (κ1) is 12.8. The highest BCUT2D eigenvalue weighted by atomic mass is 79.9. The Morgan fingerprint density at radius 3 is 2.35 bits per heavy atom. The molecule has 0 bridgehead atoms. The van der Waals surface area contributed by atoms with E-state index in [9.17, 15) is 4.39 Å². The summed E-state index contributed by atoms with van der Waals surface area (Å²) in [6.45, 7) is 2.07. The number of hydrogen-bond donors (Lipinski definition) is 0. The molecule has 1 atom stereocenters. The topological polar surface area (TPSA) is 0 Å². The molecule has 0 nitrogen and oxygen atoms in total. The Morgan fingerprint density at radius 2 is 1.71 bits per heavy atom. The first-order valence-corrected chi connectivity index (χ1v) is 6.94. The van der Waals surface area contributed by atoms with Gasteiger partial charge in [0.05, 0.1) is 4.83 Å². The SMILES string of the molecule is Cc1ccc(Br)cc1C(Br)c1ccc(F)cc1. The molecule has 17 heavy (non-hydrogen) atoms. The summed E-state index contributed by atoms with van der Waals surface area (Å²) in [6.07, 6.45) is 0. The number of halogens is 3. The van der Waals surface area contributed by atoms with Crippen LogP contribution in [-0.4, -0.2) is 0 Å². The maximum absolute atomic E-state index is 12.9. The molecule has 0 N–H and O–H groups in total. The fraction of sp³-hybridized carbons (Fsp3) is 0.143. The van der Waals surface area contributed by atoms with E-state index in [0.29, 0.717) is 0 Å². The van der Waals surface area contributed by atoms with Gasteiger partial charge in [-0.2, -0.15) is 0 Å². The molecular weight excluding hydrogens is 347 g/mol.